The third kappa shape index (κ3) is 3.24. The SMILES string of the molecule is NC(=O)c1c(-c2ccc(F)c(Cl)c2)nn2c1CN(C(=O)N[C@@H]1C[C@@H]3[C@H](C1)C3(F)F)CC2. The average Bonchev–Trinajstić information content (AvgIpc) is 3.11. The molecule has 2 heterocycles. The zero-order chi connectivity index (χ0) is 22.1. The second-order valence-corrected chi connectivity index (χ2v) is 8.72. The Bertz CT molecular complexity index is 1090. The van der Waals surface area contributed by atoms with Gasteiger partial charge in [-0.25, -0.2) is 18.0 Å². The summed E-state index contributed by atoms with van der Waals surface area (Å²) >= 11 is 5.87. The van der Waals surface area contributed by atoms with Gasteiger partial charge in [-0.15, -0.1) is 0 Å². The van der Waals surface area contributed by atoms with E-state index in [0.717, 1.165) is 0 Å². The largest absolute Gasteiger partial charge is 0.365 e. The molecular formula is C20H19ClF3N5O2. The number of nitrogens with one attached hydrogen (secondary N) is 1. The number of hydrogen-bond acceptors (Lipinski definition) is 3. The van der Waals surface area contributed by atoms with E-state index in [0.29, 0.717) is 24.3 Å². The molecule has 0 radical (unpaired) electrons. The van der Waals surface area contributed by atoms with Crippen molar-refractivity contribution in [2.24, 2.45) is 17.6 Å². The highest BCUT2D eigenvalue weighted by atomic mass is 35.5. The molecular weight excluding hydrogens is 435 g/mol. The Morgan fingerprint density at radius 3 is 2.58 bits per heavy atom. The number of nitrogens with two attached hydrogens (primary N) is 1. The summed E-state index contributed by atoms with van der Waals surface area (Å²) in [6.07, 6.45) is 0.550. The zero-order valence-electron chi connectivity index (χ0n) is 16.2. The molecule has 2 fully saturated rings. The van der Waals surface area contributed by atoms with Gasteiger partial charge < -0.3 is 16.0 Å². The third-order valence-corrected chi connectivity index (χ3v) is 6.77. The van der Waals surface area contributed by atoms with E-state index in [1.54, 1.807) is 4.68 Å². The highest BCUT2D eigenvalue weighted by molar-refractivity contribution is 6.31. The van der Waals surface area contributed by atoms with Crippen molar-refractivity contribution in [2.75, 3.05) is 6.54 Å². The topological polar surface area (TPSA) is 93.2 Å². The van der Waals surface area contributed by atoms with Crippen LogP contribution in [-0.2, 0) is 13.1 Å². The zero-order valence-corrected chi connectivity index (χ0v) is 17.0. The first-order valence-corrected chi connectivity index (χ1v) is 10.3. The van der Waals surface area contributed by atoms with Gasteiger partial charge >= 0.3 is 6.03 Å². The summed E-state index contributed by atoms with van der Waals surface area (Å²) in [4.78, 5) is 26.4. The second kappa shape index (κ2) is 6.88. The Labute approximate surface area is 180 Å². The van der Waals surface area contributed by atoms with Crippen molar-refractivity contribution in [2.45, 2.75) is 37.9 Å². The van der Waals surface area contributed by atoms with Crippen LogP contribution in [0.1, 0.15) is 28.9 Å². The van der Waals surface area contributed by atoms with E-state index >= 15 is 0 Å². The van der Waals surface area contributed by atoms with Crippen molar-refractivity contribution in [3.63, 3.8) is 0 Å². The smallest absolute Gasteiger partial charge is 0.318 e. The molecule has 3 atom stereocenters. The molecule has 7 nitrogen and oxygen atoms in total. The van der Waals surface area contributed by atoms with Crippen LogP contribution in [0.25, 0.3) is 11.3 Å². The Hall–Kier alpha value is -2.75. The molecule has 2 aliphatic carbocycles. The monoisotopic (exact) mass is 453 g/mol. The van der Waals surface area contributed by atoms with Gasteiger partial charge in [0, 0.05) is 30.0 Å². The Morgan fingerprint density at radius 2 is 1.94 bits per heavy atom. The molecule has 164 valence electrons. The van der Waals surface area contributed by atoms with Crippen LogP contribution in [-0.4, -0.2) is 45.1 Å². The van der Waals surface area contributed by atoms with Crippen molar-refractivity contribution in [3.05, 3.63) is 40.3 Å². The molecule has 5 rings (SSSR count). The predicted octanol–water partition coefficient (Wildman–Crippen LogP) is 3.01. The lowest BCUT2D eigenvalue weighted by molar-refractivity contribution is 0.0672. The third-order valence-electron chi connectivity index (χ3n) is 6.48. The number of carbonyl (C=O) groups is 2. The fourth-order valence-corrected chi connectivity index (χ4v) is 4.97. The van der Waals surface area contributed by atoms with E-state index in [1.807, 2.05) is 0 Å². The standard InChI is InChI=1S/C20H19ClF3N5O2/c21-13-5-9(1-2-14(13)22)17-16(18(25)30)15-8-28(3-4-29(15)27-17)19(31)26-10-6-11-12(7-10)20(11,23)24/h1-2,5,10-12H,3-4,6-8H2,(H2,25,30)(H,26,31)/t10-,11-,12+. The molecule has 0 bridgehead atoms. The van der Waals surface area contributed by atoms with Crippen molar-refractivity contribution >= 4 is 23.5 Å². The van der Waals surface area contributed by atoms with Crippen molar-refractivity contribution in [1.29, 1.82) is 0 Å². The van der Waals surface area contributed by atoms with Gasteiger partial charge in [0.25, 0.3) is 11.8 Å². The van der Waals surface area contributed by atoms with Crippen LogP contribution in [0.15, 0.2) is 18.2 Å². The second-order valence-electron chi connectivity index (χ2n) is 8.31. The average molecular weight is 454 g/mol. The Balaban J connectivity index is 1.35. The first kappa shape index (κ1) is 20.2. The Morgan fingerprint density at radius 1 is 1.23 bits per heavy atom. The number of rotatable bonds is 3. The molecule has 0 unspecified atom stereocenters. The van der Waals surface area contributed by atoms with Crippen molar-refractivity contribution < 1.29 is 22.8 Å². The molecule has 2 aromatic rings. The summed E-state index contributed by atoms with van der Waals surface area (Å²) in [6.45, 7) is 0.742. The number of halogens is 4. The maximum absolute atomic E-state index is 13.5. The first-order chi connectivity index (χ1) is 14.7. The summed E-state index contributed by atoms with van der Waals surface area (Å²) in [5.74, 6) is -5.17. The van der Waals surface area contributed by atoms with Gasteiger partial charge in [-0.05, 0) is 31.0 Å². The normalized spacial score (nSPS) is 25.7. The van der Waals surface area contributed by atoms with Crippen LogP contribution in [0.5, 0.6) is 0 Å². The van der Waals surface area contributed by atoms with Crippen LogP contribution in [0, 0.1) is 17.7 Å². The Kier molecular flexibility index (Phi) is 4.47. The minimum atomic E-state index is -2.59. The molecule has 3 amide bonds. The van der Waals surface area contributed by atoms with Gasteiger partial charge in [0.05, 0.1) is 29.4 Å². The minimum absolute atomic E-state index is 0.0851. The highest BCUT2D eigenvalue weighted by Gasteiger charge is 2.71. The lowest BCUT2D eigenvalue weighted by atomic mass is 10.0. The minimum Gasteiger partial charge on any atom is -0.365 e. The van der Waals surface area contributed by atoms with Crippen molar-refractivity contribution in [3.8, 4) is 11.3 Å². The van der Waals surface area contributed by atoms with E-state index in [4.69, 9.17) is 17.3 Å². The number of carbonyl (C=O) groups excluding carboxylic acids is 2. The number of hydrogen-bond donors (Lipinski definition) is 2. The van der Waals surface area contributed by atoms with Gasteiger partial charge in [-0.2, -0.15) is 5.10 Å². The number of urea groups is 1. The van der Waals surface area contributed by atoms with E-state index in [9.17, 15) is 22.8 Å². The van der Waals surface area contributed by atoms with E-state index in [-0.39, 0.29) is 47.7 Å². The molecule has 3 aliphatic rings. The molecule has 1 aliphatic heterocycles. The lowest BCUT2D eigenvalue weighted by Crippen LogP contribution is -2.48. The van der Waals surface area contributed by atoms with Crippen LogP contribution in [0.3, 0.4) is 0 Å². The maximum Gasteiger partial charge on any atom is 0.318 e. The van der Waals surface area contributed by atoms with E-state index in [1.165, 1.54) is 23.1 Å². The molecule has 2 saturated carbocycles. The fraction of sp³-hybridized carbons (Fsp3) is 0.450. The van der Waals surface area contributed by atoms with Gasteiger partial charge in [-0.1, -0.05) is 11.6 Å². The first-order valence-electron chi connectivity index (χ1n) is 9.95. The number of benzene rings is 1. The van der Waals surface area contributed by atoms with Crippen LogP contribution in [0.2, 0.25) is 5.02 Å². The van der Waals surface area contributed by atoms with Gasteiger partial charge in [0.1, 0.15) is 11.5 Å². The molecule has 11 heteroatoms. The van der Waals surface area contributed by atoms with Crippen LogP contribution < -0.4 is 11.1 Å². The summed E-state index contributed by atoms with van der Waals surface area (Å²) in [5.41, 5.74) is 6.90. The maximum atomic E-state index is 13.5. The van der Waals surface area contributed by atoms with Crippen LogP contribution >= 0.6 is 11.6 Å². The number of nitrogens with zero attached hydrogens (tertiary/aromatic N) is 3. The number of alkyl halides is 2. The molecule has 1 aromatic carbocycles. The summed E-state index contributed by atoms with van der Waals surface area (Å²) < 4.78 is 41.9. The quantitative estimate of drug-likeness (QED) is 0.748. The summed E-state index contributed by atoms with van der Waals surface area (Å²) in [5, 5.41) is 7.15. The molecule has 3 N–H and O–H groups in total. The number of fused-ring (bicyclic) bond motifs is 2. The van der Waals surface area contributed by atoms with Gasteiger partial charge in [-0.3, -0.25) is 9.48 Å². The van der Waals surface area contributed by atoms with Crippen molar-refractivity contribution in [1.82, 2.24) is 20.0 Å². The lowest BCUT2D eigenvalue weighted by Gasteiger charge is -2.30. The highest BCUT2D eigenvalue weighted by Crippen LogP contribution is 2.64. The predicted molar refractivity (Wildman–Crippen MR) is 105 cm³/mol. The van der Waals surface area contributed by atoms with E-state index < -0.39 is 29.5 Å². The summed E-state index contributed by atoms with van der Waals surface area (Å²) in [7, 11) is 0. The van der Waals surface area contributed by atoms with Crippen LogP contribution in [0.4, 0.5) is 18.0 Å². The molecule has 0 saturated heterocycles. The molecule has 31 heavy (non-hydrogen) atoms. The summed E-state index contributed by atoms with van der Waals surface area (Å²) in [6, 6.07) is 3.35. The van der Waals surface area contributed by atoms with E-state index in [2.05, 4.69) is 10.4 Å². The number of primary amides is 1. The van der Waals surface area contributed by atoms with Gasteiger partial charge in [0.15, 0.2) is 0 Å². The number of aromatic nitrogens is 2. The molecule has 0 spiro atoms. The number of amides is 3. The fourth-order valence-electron chi connectivity index (χ4n) is 4.79. The van der Waals surface area contributed by atoms with Gasteiger partial charge in [0.2, 0.25) is 0 Å². The molecule has 1 aromatic heterocycles.